The number of phenolic OH excluding ortho intramolecular Hbond substituents is 1. The van der Waals surface area contributed by atoms with Crippen LogP contribution < -0.4 is 26.2 Å². The van der Waals surface area contributed by atoms with Gasteiger partial charge in [-0.2, -0.15) is 0 Å². The number of ether oxygens (including phenoxy) is 2. The summed E-state index contributed by atoms with van der Waals surface area (Å²) in [5, 5.41) is 31.0. The summed E-state index contributed by atoms with van der Waals surface area (Å²) < 4.78 is 11.8. The molecule has 6 N–H and O–H groups in total. The summed E-state index contributed by atoms with van der Waals surface area (Å²) >= 11 is 0. The van der Waals surface area contributed by atoms with E-state index in [1.54, 1.807) is 12.1 Å². The van der Waals surface area contributed by atoms with E-state index in [-0.39, 0.29) is 48.0 Å². The molecule has 1 aliphatic carbocycles. The molecular weight excluding hydrogens is 735 g/mol. The number of aliphatic hydroxyl groups is 1. The summed E-state index contributed by atoms with van der Waals surface area (Å²) in [6.07, 6.45) is 5.42. The predicted molar refractivity (Wildman–Crippen MR) is 225 cm³/mol. The number of aromatic amines is 1. The first-order chi connectivity index (χ1) is 28.3. The number of hydrogen-bond acceptors (Lipinski definition) is 9. The van der Waals surface area contributed by atoms with Crippen molar-refractivity contribution in [1.82, 2.24) is 20.5 Å². The van der Waals surface area contributed by atoms with Crippen molar-refractivity contribution in [2.45, 2.75) is 69.7 Å². The standard InChI is InChI=1S/C46H53N5O7/c52-40-20-18-37(38-19-21-43(54)50-45(38)40)41(53)29-47-28-33-10-4-7-13-42(33)57-30-44(55)48-34-16-14-31(15-17-34)22-25-51-26-23-35(24-27-51)58-46(56)49-39-12-6-5-11-36(39)32-8-2-1-3-9-32/h1-13,18-21,31,34-35,41,47,52-53H,14-17,22-30H2,(H,48,55)(H,49,56)(H,50,54)/t31?,34?,41-/m1/s1. The number of nitrogens with one attached hydrogen (secondary N) is 4. The minimum Gasteiger partial charge on any atom is -0.506 e. The van der Waals surface area contributed by atoms with E-state index in [0.717, 1.165) is 87.0 Å². The number of H-pyrrole nitrogens is 1. The minimum absolute atomic E-state index is 0.0581. The highest BCUT2D eigenvalue weighted by molar-refractivity contribution is 5.91. The number of carbonyl (C=O) groups excluding carboxylic acids is 2. The van der Waals surface area contributed by atoms with E-state index < -0.39 is 12.2 Å². The van der Waals surface area contributed by atoms with Gasteiger partial charge in [0.25, 0.3) is 5.91 Å². The molecule has 58 heavy (non-hydrogen) atoms. The number of hydrogen-bond donors (Lipinski definition) is 6. The summed E-state index contributed by atoms with van der Waals surface area (Å²) in [6.45, 7) is 3.39. The van der Waals surface area contributed by atoms with Gasteiger partial charge in [-0.15, -0.1) is 0 Å². The molecule has 7 rings (SSSR count). The van der Waals surface area contributed by atoms with Crippen molar-refractivity contribution in [3.63, 3.8) is 0 Å². The molecule has 2 heterocycles. The van der Waals surface area contributed by atoms with Gasteiger partial charge in [-0.1, -0.05) is 72.8 Å². The molecule has 4 aromatic carbocycles. The third kappa shape index (κ3) is 10.8. The Labute approximate surface area is 338 Å². The van der Waals surface area contributed by atoms with Crippen LogP contribution in [0.2, 0.25) is 0 Å². The average molecular weight is 788 g/mol. The van der Waals surface area contributed by atoms with E-state index in [2.05, 4.69) is 25.8 Å². The van der Waals surface area contributed by atoms with Gasteiger partial charge in [0.05, 0.1) is 17.3 Å². The zero-order valence-corrected chi connectivity index (χ0v) is 32.7. The number of piperidine rings is 1. The van der Waals surface area contributed by atoms with E-state index in [1.807, 2.05) is 78.9 Å². The molecule has 0 spiro atoms. The Kier molecular flexibility index (Phi) is 13.7. The summed E-state index contributed by atoms with van der Waals surface area (Å²) in [4.78, 5) is 42.6. The number of aromatic nitrogens is 1. The van der Waals surface area contributed by atoms with Crippen LogP contribution in [0.4, 0.5) is 10.5 Å². The quantitative estimate of drug-likeness (QED) is 0.0664. The number of rotatable bonds is 15. The summed E-state index contributed by atoms with van der Waals surface area (Å²) in [5.41, 5.74) is 4.13. The van der Waals surface area contributed by atoms with Crippen LogP contribution in [-0.4, -0.2) is 77.0 Å². The van der Waals surface area contributed by atoms with Gasteiger partial charge >= 0.3 is 6.09 Å². The zero-order chi connectivity index (χ0) is 40.3. The van der Waals surface area contributed by atoms with E-state index in [1.165, 1.54) is 12.1 Å². The molecule has 5 aromatic rings. The number of para-hydroxylation sites is 2. The van der Waals surface area contributed by atoms with Crippen molar-refractivity contribution in [3.8, 4) is 22.6 Å². The predicted octanol–water partition coefficient (Wildman–Crippen LogP) is 6.88. The highest BCUT2D eigenvalue weighted by Crippen LogP contribution is 2.31. The molecule has 1 atom stereocenters. The van der Waals surface area contributed by atoms with Crippen LogP contribution in [0, 0.1) is 5.92 Å². The molecule has 12 nitrogen and oxygen atoms in total. The van der Waals surface area contributed by atoms with Gasteiger partial charge in [-0.05, 0) is 92.8 Å². The summed E-state index contributed by atoms with van der Waals surface area (Å²) in [7, 11) is 0. The molecule has 12 heteroatoms. The number of aromatic hydroxyl groups is 1. The van der Waals surface area contributed by atoms with Crippen molar-refractivity contribution >= 4 is 28.6 Å². The largest absolute Gasteiger partial charge is 0.506 e. The molecule has 1 saturated carbocycles. The number of pyridine rings is 1. The van der Waals surface area contributed by atoms with Crippen LogP contribution in [0.1, 0.15) is 62.2 Å². The zero-order valence-electron chi connectivity index (χ0n) is 32.7. The number of aliphatic hydroxyl groups excluding tert-OH is 1. The Bertz CT molecular complexity index is 2200. The van der Waals surface area contributed by atoms with Gasteiger partial charge < -0.3 is 40.2 Å². The Morgan fingerprint density at radius 1 is 0.845 bits per heavy atom. The topological polar surface area (TPSA) is 165 Å². The van der Waals surface area contributed by atoms with E-state index in [0.29, 0.717) is 29.2 Å². The lowest BCUT2D eigenvalue weighted by Crippen LogP contribution is -2.41. The molecular formula is C46H53N5O7. The fourth-order valence-corrected chi connectivity index (χ4v) is 8.17. The molecule has 1 aliphatic heterocycles. The number of fused-ring (bicyclic) bond motifs is 1. The van der Waals surface area contributed by atoms with E-state index >= 15 is 0 Å². The lowest BCUT2D eigenvalue weighted by molar-refractivity contribution is -0.124. The first kappa shape index (κ1) is 40.5. The van der Waals surface area contributed by atoms with Crippen LogP contribution in [0.15, 0.2) is 108 Å². The Balaban J connectivity index is 0.771. The SMILES string of the molecule is O=C(COc1ccccc1CNC[C@@H](O)c1ccc(O)c2[nH]c(=O)ccc12)NC1CCC(CCN2CCC(OC(=O)Nc3ccccc3-c3ccccc3)CC2)CC1. The normalized spacial score (nSPS) is 18.0. The van der Waals surface area contributed by atoms with Crippen LogP contribution in [0.5, 0.6) is 11.5 Å². The summed E-state index contributed by atoms with van der Waals surface area (Å²) in [6, 6.07) is 31.5. The van der Waals surface area contributed by atoms with Crippen molar-refractivity contribution in [1.29, 1.82) is 0 Å². The van der Waals surface area contributed by atoms with Crippen LogP contribution in [0.25, 0.3) is 22.0 Å². The number of anilines is 1. The molecule has 2 amide bonds. The molecule has 1 aromatic heterocycles. The maximum absolute atomic E-state index is 12.9. The van der Waals surface area contributed by atoms with Crippen molar-refractivity contribution < 1.29 is 29.3 Å². The van der Waals surface area contributed by atoms with Gasteiger partial charge in [0.2, 0.25) is 5.56 Å². The number of carbonyl (C=O) groups is 2. The highest BCUT2D eigenvalue weighted by atomic mass is 16.6. The van der Waals surface area contributed by atoms with Crippen LogP contribution >= 0.6 is 0 Å². The Morgan fingerprint density at radius 2 is 1.59 bits per heavy atom. The van der Waals surface area contributed by atoms with E-state index in [9.17, 15) is 24.6 Å². The fraction of sp³-hybridized carbons (Fsp3) is 0.370. The third-order valence-corrected chi connectivity index (χ3v) is 11.4. The van der Waals surface area contributed by atoms with Gasteiger partial charge in [-0.25, -0.2) is 4.79 Å². The molecule has 0 radical (unpaired) electrons. The lowest BCUT2D eigenvalue weighted by atomic mass is 9.84. The molecule has 1 saturated heterocycles. The highest BCUT2D eigenvalue weighted by Gasteiger charge is 2.26. The maximum atomic E-state index is 12.9. The average Bonchev–Trinajstić information content (AvgIpc) is 3.24. The number of amides is 2. The molecule has 0 unspecified atom stereocenters. The van der Waals surface area contributed by atoms with Crippen LogP contribution in [-0.2, 0) is 16.1 Å². The molecule has 304 valence electrons. The first-order valence-electron chi connectivity index (χ1n) is 20.4. The van der Waals surface area contributed by atoms with Crippen molar-refractivity contribution in [2.75, 3.05) is 38.1 Å². The van der Waals surface area contributed by atoms with Crippen molar-refractivity contribution in [3.05, 3.63) is 125 Å². The fourth-order valence-electron chi connectivity index (χ4n) is 8.17. The second-order valence-corrected chi connectivity index (χ2v) is 15.4. The maximum Gasteiger partial charge on any atom is 0.411 e. The van der Waals surface area contributed by atoms with Gasteiger partial charge in [0, 0.05) is 54.8 Å². The second kappa shape index (κ2) is 19.6. The smallest absolute Gasteiger partial charge is 0.411 e. The minimum atomic E-state index is -0.891. The number of likely N-dealkylation sites (tertiary alicyclic amines) is 1. The lowest BCUT2D eigenvalue weighted by Gasteiger charge is -2.34. The first-order valence-corrected chi connectivity index (χ1v) is 20.4. The molecule has 0 bridgehead atoms. The van der Waals surface area contributed by atoms with Crippen molar-refractivity contribution in [2.24, 2.45) is 5.92 Å². The number of nitrogens with zero attached hydrogens (tertiary/aromatic N) is 1. The Morgan fingerprint density at radius 3 is 2.40 bits per heavy atom. The van der Waals surface area contributed by atoms with E-state index in [4.69, 9.17) is 9.47 Å². The molecule has 2 fully saturated rings. The van der Waals surface area contributed by atoms with Gasteiger partial charge in [0.1, 0.15) is 17.6 Å². The monoisotopic (exact) mass is 787 g/mol. The summed E-state index contributed by atoms with van der Waals surface area (Å²) in [5.74, 6) is 1.03. The third-order valence-electron chi connectivity index (χ3n) is 11.4. The molecule has 2 aliphatic rings. The van der Waals surface area contributed by atoms with Gasteiger partial charge in [-0.3, -0.25) is 14.9 Å². The Hall–Kier alpha value is -5.69. The van der Waals surface area contributed by atoms with Crippen LogP contribution in [0.3, 0.4) is 0 Å². The number of phenols is 1. The second-order valence-electron chi connectivity index (χ2n) is 15.4. The van der Waals surface area contributed by atoms with Gasteiger partial charge in [0.15, 0.2) is 6.61 Å². The number of benzene rings is 4.